The molecule has 1 heterocycles. The highest BCUT2D eigenvalue weighted by atomic mass is 32.2. The van der Waals surface area contributed by atoms with Crippen LogP contribution in [0.4, 0.5) is 5.69 Å². The number of anilines is 1. The van der Waals surface area contributed by atoms with Crippen molar-refractivity contribution in [1.82, 2.24) is 5.32 Å². The Hall–Kier alpha value is -0.670. The largest absolute Gasteiger partial charge is 0.367 e. The van der Waals surface area contributed by atoms with Crippen LogP contribution in [0.5, 0.6) is 0 Å². The van der Waals surface area contributed by atoms with Crippen molar-refractivity contribution in [3.8, 4) is 0 Å². The molecule has 0 bridgehead atoms. The van der Waals surface area contributed by atoms with Gasteiger partial charge in [0.1, 0.15) is 0 Å². The Labute approximate surface area is 134 Å². The third kappa shape index (κ3) is 4.40. The summed E-state index contributed by atoms with van der Waals surface area (Å²) < 4.78 is 0. The lowest BCUT2D eigenvalue weighted by atomic mass is 10.0. The van der Waals surface area contributed by atoms with Crippen LogP contribution in [-0.2, 0) is 6.54 Å². The molecule has 118 valence electrons. The van der Waals surface area contributed by atoms with E-state index in [1.807, 2.05) is 0 Å². The first-order chi connectivity index (χ1) is 9.78. The van der Waals surface area contributed by atoms with Gasteiger partial charge < -0.3 is 10.2 Å². The number of hydrogen-bond acceptors (Lipinski definition) is 3. The molecular formula is C18H30N2S. The van der Waals surface area contributed by atoms with E-state index in [0.717, 1.165) is 13.1 Å². The second-order valence-corrected chi connectivity index (χ2v) is 8.73. The molecule has 0 aromatic heterocycles. The number of rotatable bonds is 3. The molecule has 1 aliphatic rings. The fourth-order valence-corrected chi connectivity index (χ4v) is 3.87. The predicted octanol–water partition coefficient (Wildman–Crippen LogP) is 4.21. The molecule has 0 amide bonds. The second-order valence-electron chi connectivity index (χ2n) is 7.25. The van der Waals surface area contributed by atoms with Gasteiger partial charge in [-0.3, -0.25) is 0 Å². The molecular weight excluding hydrogens is 276 g/mol. The van der Waals surface area contributed by atoms with Crippen LogP contribution in [0.1, 0.15) is 45.7 Å². The third-order valence-corrected chi connectivity index (χ3v) is 5.58. The number of thioether (sulfide) groups is 1. The van der Waals surface area contributed by atoms with Gasteiger partial charge in [0.15, 0.2) is 0 Å². The van der Waals surface area contributed by atoms with Crippen molar-refractivity contribution >= 4 is 17.4 Å². The van der Waals surface area contributed by atoms with E-state index in [1.165, 1.54) is 22.6 Å². The van der Waals surface area contributed by atoms with Crippen LogP contribution in [0.15, 0.2) is 18.2 Å². The number of aryl methyl sites for hydroxylation is 1. The van der Waals surface area contributed by atoms with Crippen LogP contribution < -0.4 is 10.2 Å². The van der Waals surface area contributed by atoms with Gasteiger partial charge in [-0.15, -0.1) is 0 Å². The number of hydrogen-bond donors (Lipinski definition) is 1. The van der Waals surface area contributed by atoms with Gasteiger partial charge in [-0.25, -0.2) is 0 Å². The van der Waals surface area contributed by atoms with E-state index in [0.29, 0.717) is 11.3 Å². The van der Waals surface area contributed by atoms with E-state index in [-0.39, 0.29) is 5.54 Å². The SMILES string of the molecule is Cc1ccc(N2CCSC(C)C2C)c(CNC(C)(C)C)c1. The first-order valence-corrected chi connectivity index (χ1v) is 9.05. The van der Waals surface area contributed by atoms with Gasteiger partial charge in [-0.05, 0) is 46.2 Å². The molecule has 0 spiro atoms. The van der Waals surface area contributed by atoms with Crippen LogP contribution in [0.25, 0.3) is 0 Å². The summed E-state index contributed by atoms with van der Waals surface area (Å²) >= 11 is 2.09. The highest BCUT2D eigenvalue weighted by Crippen LogP contribution is 2.31. The molecule has 2 nitrogen and oxygen atoms in total. The summed E-state index contributed by atoms with van der Waals surface area (Å²) in [6.45, 7) is 15.7. The Bertz CT molecular complexity index is 479. The van der Waals surface area contributed by atoms with Crippen molar-refractivity contribution in [2.45, 2.75) is 64.9 Å². The van der Waals surface area contributed by atoms with Crippen LogP contribution in [0, 0.1) is 6.92 Å². The van der Waals surface area contributed by atoms with Crippen LogP contribution in [0.3, 0.4) is 0 Å². The van der Waals surface area contributed by atoms with Gasteiger partial charge in [0.25, 0.3) is 0 Å². The Morgan fingerprint density at radius 3 is 2.67 bits per heavy atom. The van der Waals surface area contributed by atoms with E-state index in [1.54, 1.807) is 0 Å². The van der Waals surface area contributed by atoms with Crippen LogP contribution in [0.2, 0.25) is 0 Å². The zero-order chi connectivity index (χ0) is 15.6. The fourth-order valence-electron chi connectivity index (χ4n) is 2.77. The standard InChI is InChI=1S/C18H30N2S/c1-13-7-8-17(16(11-13)12-19-18(4,5)6)20-9-10-21-15(3)14(20)2/h7-8,11,14-15,19H,9-10,12H2,1-6H3. The second kappa shape index (κ2) is 6.62. The highest BCUT2D eigenvalue weighted by Gasteiger charge is 2.26. The summed E-state index contributed by atoms with van der Waals surface area (Å²) in [4.78, 5) is 2.60. The quantitative estimate of drug-likeness (QED) is 0.900. The third-order valence-electron chi connectivity index (χ3n) is 4.24. The lowest BCUT2D eigenvalue weighted by molar-refractivity contribution is 0.424. The van der Waals surface area contributed by atoms with Crippen molar-refractivity contribution < 1.29 is 0 Å². The summed E-state index contributed by atoms with van der Waals surface area (Å²) in [6, 6.07) is 7.50. The minimum atomic E-state index is 0.150. The fraction of sp³-hybridized carbons (Fsp3) is 0.667. The van der Waals surface area contributed by atoms with Crippen molar-refractivity contribution in [3.63, 3.8) is 0 Å². The van der Waals surface area contributed by atoms with E-state index >= 15 is 0 Å². The Morgan fingerprint density at radius 1 is 1.29 bits per heavy atom. The molecule has 0 aliphatic carbocycles. The minimum absolute atomic E-state index is 0.150. The molecule has 2 unspecified atom stereocenters. The van der Waals surface area contributed by atoms with Crippen molar-refractivity contribution in [3.05, 3.63) is 29.3 Å². The zero-order valence-corrected chi connectivity index (χ0v) is 15.2. The van der Waals surface area contributed by atoms with Crippen molar-refractivity contribution in [2.24, 2.45) is 0 Å². The average molecular weight is 307 g/mol. The molecule has 2 atom stereocenters. The lowest BCUT2D eigenvalue weighted by Gasteiger charge is -2.40. The Kier molecular flexibility index (Phi) is 5.26. The molecule has 1 N–H and O–H groups in total. The summed E-state index contributed by atoms with van der Waals surface area (Å²) in [5.41, 5.74) is 4.34. The summed E-state index contributed by atoms with van der Waals surface area (Å²) in [7, 11) is 0. The molecule has 1 fully saturated rings. The van der Waals surface area contributed by atoms with Gasteiger partial charge in [0.2, 0.25) is 0 Å². The highest BCUT2D eigenvalue weighted by molar-refractivity contribution is 8.00. The molecule has 3 heteroatoms. The maximum Gasteiger partial charge on any atom is 0.0415 e. The first kappa shape index (κ1) is 16.7. The molecule has 2 rings (SSSR count). The lowest BCUT2D eigenvalue weighted by Crippen LogP contribution is -2.45. The Morgan fingerprint density at radius 2 is 2.00 bits per heavy atom. The topological polar surface area (TPSA) is 15.3 Å². The van der Waals surface area contributed by atoms with Crippen LogP contribution >= 0.6 is 11.8 Å². The van der Waals surface area contributed by atoms with E-state index in [9.17, 15) is 0 Å². The van der Waals surface area contributed by atoms with Gasteiger partial charge in [-0.2, -0.15) is 11.8 Å². The predicted molar refractivity (Wildman–Crippen MR) is 96.5 cm³/mol. The minimum Gasteiger partial charge on any atom is -0.367 e. The monoisotopic (exact) mass is 306 g/mol. The molecule has 21 heavy (non-hydrogen) atoms. The molecule has 1 aliphatic heterocycles. The summed E-state index contributed by atoms with van der Waals surface area (Å²) in [5, 5.41) is 4.34. The van der Waals surface area contributed by atoms with Gasteiger partial charge >= 0.3 is 0 Å². The molecule has 0 radical (unpaired) electrons. The zero-order valence-electron chi connectivity index (χ0n) is 14.4. The smallest absolute Gasteiger partial charge is 0.0415 e. The van der Waals surface area contributed by atoms with E-state index in [4.69, 9.17) is 0 Å². The molecule has 1 aromatic carbocycles. The normalized spacial score (nSPS) is 23.4. The summed E-state index contributed by atoms with van der Waals surface area (Å²) in [5.74, 6) is 1.23. The Balaban J connectivity index is 2.25. The summed E-state index contributed by atoms with van der Waals surface area (Å²) in [6.07, 6.45) is 0. The van der Waals surface area contributed by atoms with Crippen molar-refractivity contribution in [2.75, 3.05) is 17.2 Å². The van der Waals surface area contributed by atoms with Crippen LogP contribution in [-0.4, -0.2) is 29.1 Å². The van der Waals surface area contributed by atoms with Crippen molar-refractivity contribution in [1.29, 1.82) is 0 Å². The van der Waals surface area contributed by atoms with Gasteiger partial charge in [0.05, 0.1) is 0 Å². The number of nitrogens with zero attached hydrogens (tertiary/aromatic N) is 1. The molecule has 1 saturated heterocycles. The first-order valence-electron chi connectivity index (χ1n) is 8.01. The number of nitrogens with one attached hydrogen (secondary N) is 1. The van der Waals surface area contributed by atoms with Gasteiger partial charge in [0, 0.05) is 41.4 Å². The molecule has 1 aromatic rings. The number of benzene rings is 1. The van der Waals surface area contributed by atoms with E-state index in [2.05, 4.69) is 81.7 Å². The molecule has 0 saturated carbocycles. The average Bonchev–Trinajstić information content (AvgIpc) is 2.39. The van der Waals surface area contributed by atoms with Gasteiger partial charge in [-0.1, -0.05) is 24.6 Å². The maximum absolute atomic E-state index is 3.64. The van der Waals surface area contributed by atoms with E-state index < -0.39 is 0 Å². The maximum atomic E-state index is 3.64.